The monoisotopic (exact) mass is 517 g/mol. The average molecular weight is 517 g/mol. The quantitative estimate of drug-likeness (QED) is 0.260. The Morgan fingerprint density at radius 1 is 0.800 bits per heavy atom. The van der Waals surface area contributed by atoms with Gasteiger partial charge in [-0.2, -0.15) is 0 Å². The number of hydrogen-bond acceptors (Lipinski definition) is 3. The fraction of sp³-hybridized carbons (Fsp3) is 0.308. The molecule has 30 heavy (non-hydrogen) atoms. The van der Waals surface area contributed by atoms with Gasteiger partial charge in [0.05, 0.1) is 0 Å². The highest BCUT2D eigenvalue weighted by molar-refractivity contribution is 5.36. The van der Waals surface area contributed by atoms with Crippen molar-refractivity contribution in [3.8, 4) is 17.2 Å². The maximum absolute atomic E-state index is 6.02. The van der Waals surface area contributed by atoms with Gasteiger partial charge in [-0.3, -0.25) is 0 Å². The molecular weight excluding hydrogens is 487 g/mol. The maximum atomic E-state index is 6.02. The van der Waals surface area contributed by atoms with Crippen molar-refractivity contribution >= 4 is 0 Å². The first-order chi connectivity index (χ1) is 14.3. The number of aryl methyl sites for hydroxylation is 1. The van der Waals surface area contributed by atoms with Crippen LogP contribution in [0.1, 0.15) is 38.8 Å². The Bertz CT molecular complexity index is 942. The number of rotatable bonds is 8. The molecule has 0 saturated carbocycles. The fourth-order valence-corrected chi connectivity index (χ4v) is 5.18. The van der Waals surface area contributed by atoms with Gasteiger partial charge in [-0.05, 0) is 79.4 Å². The van der Waals surface area contributed by atoms with Gasteiger partial charge in [-0.25, -0.2) is 0 Å². The predicted octanol–water partition coefficient (Wildman–Crippen LogP) is 3.59. The third-order valence-electron chi connectivity index (χ3n) is 4.62. The zero-order chi connectivity index (χ0) is 21.6. The summed E-state index contributed by atoms with van der Waals surface area (Å²) in [7, 11) is 0. The van der Waals surface area contributed by atoms with Crippen LogP contribution in [0.2, 0.25) is 0 Å². The van der Waals surface area contributed by atoms with E-state index < -0.39 is 0 Å². The van der Waals surface area contributed by atoms with Crippen molar-refractivity contribution < 1.29 is 35.4 Å². The van der Waals surface area contributed by atoms with E-state index in [0.29, 0.717) is 6.61 Å². The topological polar surface area (TPSA) is 27.7 Å². The summed E-state index contributed by atoms with van der Waals surface area (Å²) in [4.78, 5) is 0. The lowest BCUT2D eigenvalue weighted by molar-refractivity contribution is -0.598. The lowest BCUT2D eigenvalue weighted by atomic mass is 9.87. The van der Waals surface area contributed by atoms with Crippen LogP contribution in [0.15, 0.2) is 66.7 Å². The van der Waals surface area contributed by atoms with Crippen molar-refractivity contribution in [3.05, 3.63) is 85.0 Å². The second-order valence-corrected chi connectivity index (χ2v) is 11.0. The van der Waals surface area contributed by atoms with Gasteiger partial charge in [0.2, 0.25) is 0 Å². The molecule has 0 amide bonds. The van der Waals surface area contributed by atoms with E-state index in [-0.39, 0.29) is 33.4 Å². The van der Waals surface area contributed by atoms with Crippen molar-refractivity contribution in [1.82, 2.24) is 0 Å². The predicted molar refractivity (Wildman–Crippen MR) is 117 cm³/mol. The second kappa shape index (κ2) is 10.3. The van der Waals surface area contributed by atoms with Crippen LogP contribution in [0, 0.1) is 14.1 Å². The van der Waals surface area contributed by atoms with Gasteiger partial charge in [0.15, 0.2) is 13.9 Å². The third kappa shape index (κ3) is 6.47. The molecule has 0 aliphatic heterocycles. The molecule has 0 aromatic heterocycles. The molecule has 0 bridgehead atoms. The van der Waals surface area contributed by atoms with Gasteiger partial charge in [0.25, 0.3) is 0 Å². The molecule has 0 heterocycles. The lowest BCUT2D eigenvalue weighted by Crippen LogP contribution is -3.61. The molecular formula is C26H30IO3+. The van der Waals surface area contributed by atoms with Crippen LogP contribution in [-0.4, -0.2) is 13.4 Å². The summed E-state index contributed by atoms with van der Waals surface area (Å²) < 4.78 is 19.6. The molecule has 3 aromatic carbocycles. The normalized spacial score (nSPS) is 11.4. The standard InChI is InChI=1S/C26H30IO3/c1-6-28-18-29-22-11-13-23(14-12-22)30-24-15-16-25(19(2)17-24)27-21-9-7-20(8-10-21)26(3,4)5/h7-17H,6,18H2,1-5H3/q+1. The molecule has 0 aliphatic carbocycles. The Kier molecular flexibility index (Phi) is 7.78. The lowest BCUT2D eigenvalue weighted by Gasteiger charge is -2.18. The van der Waals surface area contributed by atoms with Gasteiger partial charge in [0.1, 0.15) is 17.2 Å². The molecule has 3 aromatic rings. The Labute approximate surface area is 190 Å². The van der Waals surface area contributed by atoms with Crippen molar-refractivity contribution in [2.45, 2.75) is 40.0 Å². The van der Waals surface area contributed by atoms with E-state index in [1.807, 2.05) is 31.2 Å². The van der Waals surface area contributed by atoms with Crippen LogP contribution in [0.5, 0.6) is 17.2 Å². The first-order valence-electron chi connectivity index (χ1n) is 10.2. The minimum Gasteiger partial charge on any atom is -0.468 e. The highest BCUT2D eigenvalue weighted by Gasteiger charge is 2.20. The van der Waals surface area contributed by atoms with E-state index in [1.165, 1.54) is 18.3 Å². The first kappa shape index (κ1) is 22.6. The zero-order valence-electron chi connectivity index (χ0n) is 18.4. The van der Waals surface area contributed by atoms with Crippen molar-refractivity contribution in [1.29, 1.82) is 0 Å². The molecule has 3 rings (SSSR count). The minimum absolute atomic E-state index is 0.194. The van der Waals surface area contributed by atoms with Crippen LogP contribution in [0.4, 0.5) is 0 Å². The second-order valence-electron chi connectivity index (χ2n) is 8.09. The Hall–Kier alpha value is -2.05. The highest BCUT2D eigenvalue weighted by atomic mass is 127. The zero-order valence-corrected chi connectivity index (χ0v) is 20.5. The van der Waals surface area contributed by atoms with Crippen LogP contribution < -0.4 is 30.7 Å². The summed E-state index contributed by atoms with van der Waals surface area (Å²) in [5, 5.41) is 0. The molecule has 0 spiro atoms. The van der Waals surface area contributed by atoms with Crippen molar-refractivity contribution in [2.24, 2.45) is 0 Å². The van der Waals surface area contributed by atoms with E-state index in [9.17, 15) is 0 Å². The summed E-state index contributed by atoms with van der Waals surface area (Å²) in [5.41, 5.74) is 2.85. The molecule has 0 saturated heterocycles. The summed E-state index contributed by atoms with van der Waals surface area (Å²) >= 11 is -0.212. The smallest absolute Gasteiger partial charge is 0.358 e. The van der Waals surface area contributed by atoms with Crippen LogP contribution in [0.25, 0.3) is 0 Å². The number of benzene rings is 3. The molecule has 3 nitrogen and oxygen atoms in total. The number of ether oxygens (including phenoxy) is 3. The third-order valence-corrected chi connectivity index (χ3v) is 7.76. The molecule has 0 radical (unpaired) electrons. The summed E-state index contributed by atoms with van der Waals surface area (Å²) in [6.07, 6.45) is 0. The summed E-state index contributed by atoms with van der Waals surface area (Å²) in [6, 6.07) is 23.1. The van der Waals surface area contributed by atoms with Crippen LogP contribution in [-0.2, 0) is 10.2 Å². The van der Waals surface area contributed by atoms with E-state index >= 15 is 0 Å². The highest BCUT2D eigenvalue weighted by Crippen LogP contribution is 2.24. The van der Waals surface area contributed by atoms with Gasteiger partial charge in [0, 0.05) is 12.2 Å². The number of hydrogen-bond donors (Lipinski definition) is 0. The molecule has 0 atom stereocenters. The van der Waals surface area contributed by atoms with E-state index in [0.717, 1.165) is 17.2 Å². The molecule has 0 unspecified atom stereocenters. The molecule has 0 N–H and O–H groups in total. The fourth-order valence-electron chi connectivity index (χ4n) is 2.85. The van der Waals surface area contributed by atoms with Crippen LogP contribution in [0.3, 0.4) is 0 Å². The largest absolute Gasteiger partial charge is 0.468 e. The first-order valence-corrected chi connectivity index (χ1v) is 12.4. The van der Waals surface area contributed by atoms with E-state index in [2.05, 4.69) is 70.2 Å². The Balaban J connectivity index is 1.62. The Morgan fingerprint density at radius 3 is 2.03 bits per heavy atom. The molecule has 0 fully saturated rings. The molecule has 4 heteroatoms. The summed E-state index contributed by atoms with van der Waals surface area (Å²) in [6.45, 7) is 11.8. The Morgan fingerprint density at radius 2 is 1.43 bits per heavy atom. The molecule has 158 valence electrons. The maximum Gasteiger partial charge on any atom is 0.358 e. The van der Waals surface area contributed by atoms with Crippen LogP contribution >= 0.6 is 0 Å². The average Bonchev–Trinajstić information content (AvgIpc) is 2.71. The summed E-state index contributed by atoms with van der Waals surface area (Å²) in [5.74, 6) is 2.41. The van der Waals surface area contributed by atoms with E-state index in [4.69, 9.17) is 14.2 Å². The van der Waals surface area contributed by atoms with Gasteiger partial charge in [-0.15, -0.1) is 0 Å². The van der Waals surface area contributed by atoms with Gasteiger partial charge >= 0.3 is 21.2 Å². The van der Waals surface area contributed by atoms with Gasteiger partial charge < -0.3 is 14.2 Å². The van der Waals surface area contributed by atoms with Gasteiger partial charge in [-0.1, -0.05) is 32.9 Å². The van der Waals surface area contributed by atoms with Crippen molar-refractivity contribution in [3.63, 3.8) is 0 Å². The molecule has 0 aliphatic rings. The van der Waals surface area contributed by atoms with E-state index in [1.54, 1.807) is 0 Å². The van der Waals surface area contributed by atoms with Crippen molar-refractivity contribution in [2.75, 3.05) is 13.4 Å². The number of halogens is 1. The SMILES string of the molecule is CCOCOc1ccc(Oc2ccc([I+]c3ccc(C(C)(C)C)cc3)c(C)c2)cc1. The minimum atomic E-state index is -0.212.